The first-order valence-corrected chi connectivity index (χ1v) is 5.26. The summed E-state index contributed by atoms with van der Waals surface area (Å²) in [6.45, 7) is 1.28. The monoisotopic (exact) mass is 240 g/mol. The fourth-order valence-electron chi connectivity index (χ4n) is 1.34. The third-order valence-electron chi connectivity index (χ3n) is 2.68. The van der Waals surface area contributed by atoms with Crippen molar-refractivity contribution in [3.63, 3.8) is 0 Å². The van der Waals surface area contributed by atoms with E-state index in [4.69, 9.17) is 5.11 Å². The highest BCUT2D eigenvalue weighted by Crippen LogP contribution is 2.17. The van der Waals surface area contributed by atoms with Gasteiger partial charge in [0.2, 0.25) is 0 Å². The topological polar surface area (TPSA) is 103 Å². The Labute approximate surface area is 98.9 Å². The molecule has 0 fully saturated rings. The zero-order valence-corrected chi connectivity index (χ0v) is 9.55. The van der Waals surface area contributed by atoms with E-state index in [2.05, 4.69) is 10.3 Å². The van der Waals surface area contributed by atoms with Gasteiger partial charge in [-0.05, 0) is 18.6 Å². The van der Waals surface area contributed by atoms with E-state index in [1.807, 2.05) is 0 Å². The third-order valence-corrected chi connectivity index (χ3v) is 2.68. The van der Waals surface area contributed by atoms with Crippen LogP contribution in [-0.4, -0.2) is 45.0 Å². The number of hydrogen-bond donors (Lipinski definition) is 4. The molecular weight excluding hydrogens is 224 g/mol. The van der Waals surface area contributed by atoms with Gasteiger partial charge in [0, 0.05) is 6.20 Å². The SMILES string of the molecule is CCC(CO)(CO)Nc1cc(C(=O)O)ccn1. The number of pyridine rings is 1. The van der Waals surface area contributed by atoms with E-state index in [-0.39, 0.29) is 18.8 Å². The van der Waals surface area contributed by atoms with E-state index < -0.39 is 11.5 Å². The molecule has 0 aliphatic heterocycles. The average Bonchev–Trinajstić information content (AvgIpc) is 2.36. The second kappa shape index (κ2) is 5.60. The van der Waals surface area contributed by atoms with E-state index in [9.17, 15) is 15.0 Å². The number of aromatic carboxylic acids is 1. The van der Waals surface area contributed by atoms with Crippen LogP contribution in [-0.2, 0) is 0 Å². The smallest absolute Gasteiger partial charge is 0.335 e. The van der Waals surface area contributed by atoms with Crippen LogP contribution in [0.4, 0.5) is 5.82 Å². The van der Waals surface area contributed by atoms with E-state index in [1.54, 1.807) is 6.92 Å². The molecule has 1 aromatic heterocycles. The maximum absolute atomic E-state index is 10.8. The molecule has 0 aliphatic carbocycles. The molecule has 94 valence electrons. The fraction of sp³-hybridized carbons (Fsp3) is 0.455. The van der Waals surface area contributed by atoms with Crippen LogP contribution >= 0.6 is 0 Å². The molecule has 0 saturated carbocycles. The van der Waals surface area contributed by atoms with Gasteiger partial charge in [-0.1, -0.05) is 6.92 Å². The molecule has 0 unspecified atom stereocenters. The Hall–Kier alpha value is -1.66. The lowest BCUT2D eigenvalue weighted by molar-refractivity contribution is 0.0697. The Morgan fingerprint density at radius 1 is 1.47 bits per heavy atom. The third kappa shape index (κ3) is 3.15. The van der Waals surface area contributed by atoms with E-state index in [0.29, 0.717) is 12.2 Å². The Balaban J connectivity index is 2.93. The maximum atomic E-state index is 10.8. The molecule has 0 saturated heterocycles. The summed E-state index contributed by atoms with van der Waals surface area (Å²) in [7, 11) is 0. The van der Waals surface area contributed by atoms with Crippen molar-refractivity contribution in [1.82, 2.24) is 4.98 Å². The molecule has 17 heavy (non-hydrogen) atoms. The Morgan fingerprint density at radius 3 is 2.59 bits per heavy atom. The summed E-state index contributed by atoms with van der Waals surface area (Å²) in [6.07, 6.45) is 1.85. The minimum atomic E-state index is -1.05. The Morgan fingerprint density at radius 2 is 2.12 bits per heavy atom. The first-order valence-electron chi connectivity index (χ1n) is 5.26. The molecular formula is C11H16N2O4. The molecule has 0 bridgehead atoms. The lowest BCUT2D eigenvalue weighted by atomic mass is 9.98. The summed E-state index contributed by atoms with van der Waals surface area (Å²) in [4.78, 5) is 14.7. The summed E-state index contributed by atoms with van der Waals surface area (Å²) in [6, 6.07) is 2.73. The van der Waals surface area contributed by atoms with Crippen molar-refractivity contribution in [2.45, 2.75) is 18.9 Å². The summed E-state index contributed by atoms with van der Waals surface area (Å²) in [5.74, 6) is -0.736. The highest BCUT2D eigenvalue weighted by Gasteiger charge is 2.26. The van der Waals surface area contributed by atoms with Crippen molar-refractivity contribution in [1.29, 1.82) is 0 Å². The fourth-order valence-corrected chi connectivity index (χ4v) is 1.34. The van der Waals surface area contributed by atoms with Gasteiger partial charge < -0.3 is 20.6 Å². The Kier molecular flexibility index (Phi) is 4.42. The number of anilines is 1. The molecule has 6 nitrogen and oxygen atoms in total. The van der Waals surface area contributed by atoms with Crippen LogP contribution in [0.15, 0.2) is 18.3 Å². The molecule has 6 heteroatoms. The zero-order chi connectivity index (χ0) is 12.9. The normalized spacial score (nSPS) is 11.2. The molecule has 0 aliphatic rings. The standard InChI is InChI=1S/C11H16N2O4/c1-2-11(6-14,7-15)13-9-5-8(10(16)17)3-4-12-9/h3-5,14-15H,2,6-7H2,1H3,(H,12,13)(H,16,17). The quantitative estimate of drug-likeness (QED) is 0.571. The molecule has 1 rings (SSSR count). The molecule has 0 spiro atoms. The van der Waals surface area contributed by atoms with Gasteiger partial charge in [0.25, 0.3) is 0 Å². The minimum Gasteiger partial charge on any atom is -0.478 e. The molecule has 4 N–H and O–H groups in total. The number of carboxylic acids is 1. The van der Waals surface area contributed by atoms with Gasteiger partial charge in [0.05, 0.1) is 24.3 Å². The van der Waals surface area contributed by atoms with Crippen molar-refractivity contribution in [3.05, 3.63) is 23.9 Å². The molecule has 0 aromatic carbocycles. The molecule has 0 amide bonds. The summed E-state index contributed by atoms with van der Waals surface area (Å²) >= 11 is 0. The van der Waals surface area contributed by atoms with Gasteiger partial charge >= 0.3 is 5.97 Å². The number of nitrogens with zero attached hydrogens (tertiary/aromatic N) is 1. The van der Waals surface area contributed by atoms with Gasteiger partial charge in [-0.25, -0.2) is 9.78 Å². The molecule has 0 radical (unpaired) electrons. The molecule has 1 aromatic rings. The second-order valence-electron chi connectivity index (χ2n) is 3.81. The van der Waals surface area contributed by atoms with Crippen LogP contribution in [0.25, 0.3) is 0 Å². The average molecular weight is 240 g/mol. The summed E-state index contributed by atoms with van der Waals surface area (Å²) < 4.78 is 0. The van der Waals surface area contributed by atoms with Crippen molar-refractivity contribution >= 4 is 11.8 Å². The summed E-state index contributed by atoms with van der Waals surface area (Å²) in [5, 5.41) is 30.2. The minimum absolute atomic E-state index is 0.100. The summed E-state index contributed by atoms with van der Waals surface area (Å²) in [5.41, 5.74) is -0.784. The molecule has 1 heterocycles. The van der Waals surface area contributed by atoms with Gasteiger partial charge in [0.1, 0.15) is 5.82 Å². The van der Waals surface area contributed by atoms with Gasteiger partial charge in [-0.3, -0.25) is 0 Å². The zero-order valence-electron chi connectivity index (χ0n) is 9.55. The van der Waals surface area contributed by atoms with Crippen molar-refractivity contribution < 1.29 is 20.1 Å². The predicted octanol–water partition coefficient (Wildman–Crippen LogP) is 0.325. The van der Waals surface area contributed by atoms with Crippen LogP contribution in [0.3, 0.4) is 0 Å². The highest BCUT2D eigenvalue weighted by atomic mass is 16.4. The van der Waals surface area contributed by atoms with Gasteiger partial charge in [-0.2, -0.15) is 0 Å². The number of carboxylic acid groups (broad SMARTS) is 1. The van der Waals surface area contributed by atoms with E-state index in [0.717, 1.165) is 0 Å². The number of nitrogens with one attached hydrogen (secondary N) is 1. The van der Waals surface area contributed by atoms with Gasteiger partial charge in [0.15, 0.2) is 0 Å². The number of aliphatic hydroxyl groups is 2. The van der Waals surface area contributed by atoms with Crippen molar-refractivity contribution in [2.24, 2.45) is 0 Å². The second-order valence-corrected chi connectivity index (χ2v) is 3.81. The number of hydrogen-bond acceptors (Lipinski definition) is 5. The predicted molar refractivity (Wildman–Crippen MR) is 62.0 cm³/mol. The number of aromatic nitrogens is 1. The van der Waals surface area contributed by atoms with Crippen molar-refractivity contribution in [3.8, 4) is 0 Å². The number of rotatable bonds is 6. The lowest BCUT2D eigenvalue weighted by Gasteiger charge is -2.30. The molecule has 0 atom stereocenters. The first-order chi connectivity index (χ1) is 8.06. The lowest BCUT2D eigenvalue weighted by Crippen LogP contribution is -2.45. The van der Waals surface area contributed by atoms with Crippen LogP contribution in [0.2, 0.25) is 0 Å². The van der Waals surface area contributed by atoms with Crippen molar-refractivity contribution in [2.75, 3.05) is 18.5 Å². The van der Waals surface area contributed by atoms with E-state index >= 15 is 0 Å². The van der Waals surface area contributed by atoms with Crippen LogP contribution in [0.1, 0.15) is 23.7 Å². The number of carbonyl (C=O) groups is 1. The maximum Gasteiger partial charge on any atom is 0.335 e. The Bertz CT molecular complexity index is 383. The van der Waals surface area contributed by atoms with E-state index in [1.165, 1.54) is 18.3 Å². The van der Waals surface area contributed by atoms with Gasteiger partial charge in [-0.15, -0.1) is 0 Å². The first kappa shape index (κ1) is 13.4. The van der Waals surface area contributed by atoms with Crippen LogP contribution in [0, 0.1) is 0 Å². The highest BCUT2D eigenvalue weighted by molar-refractivity contribution is 5.88. The largest absolute Gasteiger partial charge is 0.478 e. The van der Waals surface area contributed by atoms with Crippen LogP contribution in [0.5, 0.6) is 0 Å². The van der Waals surface area contributed by atoms with Crippen LogP contribution < -0.4 is 5.32 Å². The number of aliphatic hydroxyl groups excluding tert-OH is 2.